The van der Waals surface area contributed by atoms with Gasteiger partial charge >= 0.3 is 0 Å². The van der Waals surface area contributed by atoms with Crippen LogP contribution in [0, 0.1) is 5.92 Å². The minimum atomic E-state index is -3.27. The van der Waals surface area contributed by atoms with E-state index >= 15 is 4.11 Å². The number of rotatable bonds is 6. The molecule has 4 atom stereocenters. The molecule has 7 rings (SSSR count). The number of ether oxygens (including phenoxy) is 1. The van der Waals surface area contributed by atoms with Gasteiger partial charge in [0.05, 0.1) is 29.6 Å². The smallest absolute Gasteiger partial charge is 0.264 e. The van der Waals surface area contributed by atoms with Crippen molar-refractivity contribution >= 4 is 64.0 Å². The minimum absolute atomic E-state index is 0.0810. The molecule has 0 bridgehead atoms. The molecule has 0 aromatic heterocycles. The second-order valence-electron chi connectivity index (χ2n) is 12.3. The minimum Gasteiger partial charge on any atom is -0.396 e. The zero-order chi connectivity index (χ0) is 30.3. The SMILES string of the molecule is C[C@H]1[C@H]([Si](C)(C)F)[C@@H](CCO)O[C@]12C(=O)N(Cc1cccc(N3C(=O)c4cccc5cccc3c45)c1)c1ccc(Br)cc12. The number of halogens is 2. The van der Waals surface area contributed by atoms with Gasteiger partial charge in [0.1, 0.15) is 0 Å². The predicted octanol–water partition coefficient (Wildman–Crippen LogP) is 7.60. The van der Waals surface area contributed by atoms with Crippen molar-refractivity contribution in [2.45, 2.75) is 50.2 Å². The standard InChI is InChI=1S/C34H32BrFN2O4Si/c1-20-31(43(2,3)36)29(15-16-39)42-34(20)26-18-23(35)13-14-27(26)37(33(34)41)19-21-7-4-10-24(17-21)38-28-12-6-9-22-8-5-11-25(30(22)28)32(38)40/h4-14,17-18,20,29,31,39H,15-16,19H2,1-3H3/t20-,29+,31-,34+/m0/s1. The molecular formula is C34H32BrFN2O4Si. The van der Waals surface area contributed by atoms with E-state index in [-0.39, 0.29) is 31.4 Å². The number of hydrogen-bond donors (Lipinski definition) is 1. The number of anilines is 3. The van der Waals surface area contributed by atoms with E-state index in [1.165, 1.54) is 0 Å². The number of benzene rings is 4. The molecular weight excluding hydrogens is 627 g/mol. The number of fused-ring (bicyclic) bond motifs is 2. The molecule has 6 nitrogen and oxygen atoms in total. The first kappa shape index (κ1) is 28.4. The molecule has 2 amide bonds. The third kappa shape index (κ3) is 4.16. The second-order valence-corrected chi connectivity index (χ2v) is 17.0. The molecule has 3 aliphatic heterocycles. The summed E-state index contributed by atoms with van der Waals surface area (Å²) in [7, 11) is -3.27. The maximum atomic E-state index is 15.8. The topological polar surface area (TPSA) is 70.1 Å². The first-order chi connectivity index (χ1) is 20.6. The largest absolute Gasteiger partial charge is 0.396 e. The van der Waals surface area contributed by atoms with Crippen LogP contribution in [0.25, 0.3) is 10.8 Å². The maximum absolute atomic E-state index is 15.8. The summed E-state index contributed by atoms with van der Waals surface area (Å²) in [4.78, 5) is 31.6. The lowest BCUT2D eigenvalue weighted by Crippen LogP contribution is -2.45. The Morgan fingerprint density at radius 3 is 2.49 bits per heavy atom. The van der Waals surface area contributed by atoms with Gasteiger partial charge in [0.2, 0.25) is 8.41 Å². The summed E-state index contributed by atoms with van der Waals surface area (Å²) in [6, 6.07) is 25.1. The molecule has 1 spiro atoms. The van der Waals surface area contributed by atoms with Crippen LogP contribution in [0.3, 0.4) is 0 Å². The zero-order valence-corrected chi connectivity index (χ0v) is 26.8. The van der Waals surface area contributed by atoms with Crippen LogP contribution in [-0.2, 0) is 21.7 Å². The Balaban J connectivity index is 1.27. The zero-order valence-electron chi connectivity index (χ0n) is 24.2. The Bertz CT molecular complexity index is 1800. The van der Waals surface area contributed by atoms with E-state index in [0.29, 0.717) is 5.56 Å². The van der Waals surface area contributed by atoms with Gasteiger partial charge in [-0.05, 0) is 72.9 Å². The van der Waals surface area contributed by atoms with Gasteiger partial charge in [0.25, 0.3) is 11.8 Å². The molecule has 9 heteroatoms. The number of hydrogen-bond acceptors (Lipinski definition) is 4. The summed E-state index contributed by atoms with van der Waals surface area (Å²) < 4.78 is 23.2. The molecule has 220 valence electrons. The molecule has 0 unspecified atom stereocenters. The highest BCUT2D eigenvalue weighted by Gasteiger charge is 2.66. The van der Waals surface area contributed by atoms with E-state index in [0.717, 1.165) is 43.4 Å². The Morgan fingerprint density at radius 2 is 1.74 bits per heavy atom. The van der Waals surface area contributed by atoms with E-state index in [1.54, 1.807) is 22.9 Å². The van der Waals surface area contributed by atoms with Crippen LogP contribution < -0.4 is 9.80 Å². The van der Waals surface area contributed by atoms with Crippen LogP contribution >= 0.6 is 15.9 Å². The molecule has 1 fully saturated rings. The summed E-state index contributed by atoms with van der Waals surface area (Å²) in [6.07, 6.45) is -0.286. The monoisotopic (exact) mass is 658 g/mol. The van der Waals surface area contributed by atoms with Gasteiger partial charge in [-0.1, -0.05) is 59.3 Å². The van der Waals surface area contributed by atoms with Crippen LogP contribution in [0.2, 0.25) is 18.6 Å². The maximum Gasteiger partial charge on any atom is 0.264 e. The van der Waals surface area contributed by atoms with Crippen molar-refractivity contribution in [3.8, 4) is 0 Å². The van der Waals surface area contributed by atoms with Crippen molar-refractivity contribution in [3.63, 3.8) is 0 Å². The number of carbonyl (C=O) groups excluding carboxylic acids is 2. The van der Waals surface area contributed by atoms with Gasteiger partial charge in [-0.3, -0.25) is 14.5 Å². The summed E-state index contributed by atoms with van der Waals surface area (Å²) >= 11 is 3.57. The fourth-order valence-electron chi connectivity index (χ4n) is 7.72. The molecule has 0 aliphatic carbocycles. The van der Waals surface area contributed by atoms with E-state index in [4.69, 9.17) is 4.74 Å². The van der Waals surface area contributed by atoms with Crippen molar-refractivity contribution in [2.75, 3.05) is 16.4 Å². The second kappa shape index (κ2) is 10.1. The first-order valence-corrected chi connectivity index (χ1v) is 18.4. The quantitative estimate of drug-likeness (QED) is 0.171. The van der Waals surface area contributed by atoms with Crippen LogP contribution in [0.5, 0.6) is 0 Å². The van der Waals surface area contributed by atoms with E-state index in [9.17, 15) is 14.7 Å². The van der Waals surface area contributed by atoms with Crippen molar-refractivity contribution in [1.29, 1.82) is 0 Å². The van der Waals surface area contributed by atoms with Crippen molar-refractivity contribution in [2.24, 2.45) is 5.92 Å². The van der Waals surface area contributed by atoms with Crippen LogP contribution in [-0.4, -0.2) is 38.0 Å². The third-order valence-corrected chi connectivity index (χ3v) is 12.4. The van der Waals surface area contributed by atoms with Crippen molar-refractivity contribution < 1.29 is 23.5 Å². The summed E-state index contributed by atoms with van der Waals surface area (Å²) in [5, 5.41) is 11.8. The molecule has 0 radical (unpaired) electrons. The van der Waals surface area contributed by atoms with E-state index < -0.39 is 31.6 Å². The Hall–Kier alpha value is -3.37. The van der Waals surface area contributed by atoms with Gasteiger partial charge in [-0.2, -0.15) is 0 Å². The highest BCUT2D eigenvalue weighted by Crippen LogP contribution is 2.60. The number of aliphatic hydroxyl groups is 1. The molecule has 3 aliphatic rings. The lowest BCUT2D eigenvalue weighted by atomic mass is 9.82. The van der Waals surface area contributed by atoms with Crippen molar-refractivity contribution in [3.05, 3.63) is 100 Å². The fourth-order valence-corrected chi connectivity index (χ4v) is 10.6. The van der Waals surface area contributed by atoms with Gasteiger partial charge < -0.3 is 18.9 Å². The molecule has 0 saturated carbocycles. The first-order valence-electron chi connectivity index (χ1n) is 14.6. The Kier molecular flexibility index (Phi) is 6.66. The number of amides is 2. The van der Waals surface area contributed by atoms with Gasteiger partial charge in [-0.25, -0.2) is 0 Å². The molecule has 3 heterocycles. The third-order valence-electron chi connectivity index (χ3n) is 9.40. The van der Waals surface area contributed by atoms with Crippen LogP contribution in [0.15, 0.2) is 83.3 Å². The number of nitrogens with zero attached hydrogens (tertiary/aromatic N) is 2. The molecule has 1 saturated heterocycles. The molecule has 43 heavy (non-hydrogen) atoms. The number of carbonyl (C=O) groups is 2. The van der Waals surface area contributed by atoms with Crippen LogP contribution in [0.4, 0.5) is 21.2 Å². The highest BCUT2D eigenvalue weighted by atomic mass is 79.9. The van der Waals surface area contributed by atoms with Crippen molar-refractivity contribution in [1.82, 2.24) is 0 Å². The normalized spacial score (nSPS) is 24.6. The Morgan fingerprint density at radius 1 is 1.00 bits per heavy atom. The average Bonchev–Trinajstić information content (AvgIpc) is 3.52. The van der Waals surface area contributed by atoms with Gasteiger partial charge in [0, 0.05) is 39.2 Å². The van der Waals surface area contributed by atoms with E-state index in [2.05, 4.69) is 15.9 Å². The summed E-state index contributed by atoms with van der Waals surface area (Å²) in [5.74, 6) is -0.729. The fraction of sp³-hybridized carbons (Fsp3) is 0.294. The summed E-state index contributed by atoms with van der Waals surface area (Å²) in [6.45, 7) is 5.34. The summed E-state index contributed by atoms with van der Waals surface area (Å²) in [5.41, 5.74) is 2.73. The van der Waals surface area contributed by atoms with Gasteiger partial charge in [-0.15, -0.1) is 0 Å². The lowest BCUT2D eigenvalue weighted by molar-refractivity contribution is -0.146. The average molecular weight is 660 g/mol. The lowest BCUT2D eigenvalue weighted by Gasteiger charge is -2.31. The number of aliphatic hydroxyl groups excluding tert-OH is 1. The van der Waals surface area contributed by atoms with E-state index in [1.807, 2.05) is 85.8 Å². The molecule has 4 aromatic rings. The van der Waals surface area contributed by atoms with Gasteiger partial charge in [0.15, 0.2) is 5.60 Å². The highest BCUT2D eigenvalue weighted by molar-refractivity contribution is 9.10. The Labute approximate surface area is 259 Å². The van der Waals surface area contributed by atoms with Crippen LogP contribution in [0.1, 0.15) is 34.8 Å². The predicted molar refractivity (Wildman–Crippen MR) is 172 cm³/mol. The molecule has 4 aromatic carbocycles. The molecule has 1 N–H and O–H groups in total.